The van der Waals surface area contributed by atoms with E-state index in [0.717, 1.165) is 28.7 Å². The molecule has 0 radical (unpaired) electrons. The van der Waals surface area contributed by atoms with Gasteiger partial charge in [0.05, 0.1) is 12.3 Å². The molecule has 1 heterocycles. The number of ether oxygens (including phenoxy) is 1. The highest BCUT2D eigenvalue weighted by atomic mass is 32.2. The fourth-order valence-corrected chi connectivity index (χ4v) is 3.71. The summed E-state index contributed by atoms with van der Waals surface area (Å²) in [4.78, 5) is 12.6. The van der Waals surface area contributed by atoms with Crippen molar-refractivity contribution in [1.29, 1.82) is 0 Å². The molecule has 4 aromatic rings. The summed E-state index contributed by atoms with van der Waals surface area (Å²) >= 11 is 1.10. The van der Waals surface area contributed by atoms with Crippen molar-refractivity contribution in [3.8, 4) is 17.1 Å². The Labute approximate surface area is 190 Å². The number of nitrogens with zero attached hydrogens (tertiary/aromatic N) is 4. The predicted octanol–water partition coefficient (Wildman–Crippen LogP) is 5.02. The van der Waals surface area contributed by atoms with E-state index >= 15 is 0 Å². The number of carbonyl (C=O) groups is 1. The Morgan fingerprint density at radius 2 is 1.56 bits per heavy atom. The molecule has 3 aromatic carbocycles. The molecule has 4 rings (SSSR count). The van der Waals surface area contributed by atoms with Crippen molar-refractivity contribution in [1.82, 2.24) is 14.8 Å². The van der Waals surface area contributed by atoms with Crippen LogP contribution in [0.25, 0.3) is 17.1 Å². The Kier molecular flexibility index (Phi) is 6.94. The smallest absolute Gasteiger partial charge is 0.365 e. The van der Waals surface area contributed by atoms with Crippen molar-refractivity contribution in [2.45, 2.75) is 12.1 Å². The average Bonchev–Trinajstić information content (AvgIpc) is 3.27. The van der Waals surface area contributed by atoms with Gasteiger partial charge in [0, 0.05) is 11.3 Å². The number of benzene rings is 3. The molecule has 0 fully saturated rings. The van der Waals surface area contributed by atoms with E-state index in [1.807, 2.05) is 95.6 Å². The Morgan fingerprint density at radius 1 is 0.938 bits per heavy atom. The van der Waals surface area contributed by atoms with Gasteiger partial charge in [-0.05, 0) is 43.0 Å². The van der Waals surface area contributed by atoms with Gasteiger partial charge >= 0.3 is 5.97 Å². The second kappa shape index (κ2) is 10.4. The molecule has 32 heavy (non-hydrogen) atoms. The van der Waals surface area contributed by atoms with Crippen LogP contribution in [0.5, 0.6) is 0 Å². The zero-order chi connectivity index (χ0) is 22.2. The quantitative estimate of drug-likeness (QED) is 0.148. The summed E-state index contributed by atoms with van der Waals surface area (Å²) in [6, 6.07) is 28.9. The van der Waals surface area contributed by atoms with Crippen LogP contribution < -0.4 is 5.43 Å². The van der Waals surface area contributed by atoms with E-state index in [0.29, 0.717) is 11.0 Å². The van der Waals surface area contributed by atoms with Gasteiger partial charge in [-0.1, -0.05) is 66.7 Å². The van der Waals surface area contributed by atoms with E-state index in [4.69, 9.17) is 4.74 Å². The molecular formula is C24H21N5O2S. The number of thioether (sulfide) groups is 1. The highest BCUT2D eigenvalue weighted by molar-refractivity contribution is 8.15. The molecule has 0 amide bonds. The van der Waals surface area contributed by atoms with Crippen molar-refractivity contribution >= 4 is 28.5 Å². The summed E-state index contributed by atoms with van der Waals surface area (Å²) in [6.45, 7) is 2.00. The number of anilines is 1. The molecule has 0 atom stereocenters. The lowest BCUT2D eigenvalue weighted by molar-refractivity contribution is -0.134. The first kappa shape index (κ1) is 21.3. The SMILES string of the molecule is CCOC(=O)/C(=N/Nc1ccccc1)Sc1nnc(-c2ccccc2)n1-c1ccccc1. The van der Waals surface area contributed by atoms with Gasteiger partial charge in [-0.25, -0.2) is 4.79 Å². The highest BCUT2D eigenvalue weighted by Gasteiger charge is 2.22. The van der Waals surface area contributed by atoms with E-state index < -0.39 is 5.97 Å². The van der Waals surface area contributed by atoms with Crippen LogP contribution >= 0.6 is 11.8 Å². The molecule has 0 saturated heterocycles. The maximum atomic E-state index is 12.6. The first-order valence-electron chi connectivity index (χ1n) is 10.1. The molecule has 8 heteroatoms. The van der Waals surface area contributed by atoms with Crippen LogP contribution in [0, 0.1) is 0 Å². The zero-order valence-corrected chi connectivity index (χ0v) is 18.2. The number of carbonyl (C=O) groups excluding carboxylic acids is 1. The van der Waals surface area contributed by atoms with Crippen LogP contribution in [0.4, 0.5) is 5.69 Å². The number of rotatable bonds is 6. The van der Waals surface area contributed by atoms with Crippen LogP contribution in [-0.4, -0.2) is 32.4 Å². The van der Waals surface area contributed by atoms with Crippen LogP contribution in [0.1, 0.15) is 6.92 Å². The van der Waals surface area contributed by atoms with Crippen molar-refractivity contribution < 1.29 is 9.53 Å². The number of hydrazone groups is 1. The second-order valence-electron chi connectivity index (χ2n) is 6.56. The molecule has 0 aliphatic carbocycles. The number of esters is 1. The van der Waals surface area contributed by atoms with E-state index in [2.05, 4.69) is 20.7 Å². The lowest BCUT2D eigenvalue weighted by Gasteiger charge is -2.11. The van der Waals surface area contributed by atoms with Gasteiger partial charge in [0.1, 0.15) is 0 Å². The molecule has 0 saturated carbocycles. The monoisotopic (exact) mass is 443 g/mol. The summed E-state index contributed by atoms with van der Waals surface area (Å²) in [5.74, 6) is 0.128. The Balaban J connectivity index is 1.73. The van der Waals surface area contributed by atoms with Crippen LogP contribution in [0.15, 0.2) is 101 Å². The fourth-order valence-electron chi connectivity index (χ4n) is 2.94. The third-order valence-corrected chi connectivity index (χ3v) is 5.28. The number of hydrogen-bond donors (Lipinski definition) is 1. The van der Waals surface area contributed by atoms with Crippen LogP contribution in [0.2, 0.25) is 0 Å². The number of para-hydroxylation sites is 2. The van der Waals surface area contributed by atoms with Crippen molar-refractivity contribution in [2.24, 2.45) is 5.10 Å². The summed E-state index contributed by atoms with van der Waals surface area (Å²) < 4.78 is 7.11. The molecule has 1 aromatic heterocycles. The first-order valence-corrected chi connectivity index (χ1v) is 10.9. The summed E-state index contributed by atoms with van der Waals surface area (Å²) in [7, 11) is 0. The Bertz CT molecular complexity index is 1200. The normalized spacial score (nSPS) is 11.2. The molecule has 160 valence electrons. The summed E-state index contributed by atoms with van der Waals surface area (Å²) in [5, 5.41) is 13.7. The zero-order valence-electron chi connectivity index (χ0n) is 17.4. The van der Waals surface area contributed by atoms with E-state index in [1.165, 1.54) is 0 Å². The van der Waals surface area contributed by atoms with Gasteiger partial charge in [0.2, 0.25) is 10.2 Å². The minimum absolute atomic E-state index is 0.125. The van der Waals surface area contributed by atoms with Crippen molar-refractivity contribution in [2.75, 3.05) is 12.0 Å². The van der Waals surface area contributed by atoms with Crippen LogP contribution in [-0.2, 0) is 9.53 Å². The third-order valence-electron chi connectivity index (χ3n) is 4.38. The maximum absolute atomic E-state index is 12.6. The second-order valence-corrected chi connectivity index (χ2v) is 7.52. The van der Waals surface area contributed by atoms with Crippen molar-refractivity contribution in [3.63, 3.8) is 0 Å². The number of aromatic nitrogens is 3. The van der Waals surface area contributed by atoms with Crippen LogP contribution in [0.3, 0.4) is 0 Å². The third kappa shape index (κ3) is 5.04. The lowest BCUT2D eigenvalue weighted by atomic mass is 10.2. The van der Waals surface area contributed by atoms with Gasteiger partial charge in [0.15, 0.2) is 5.82 Å². The standard InChI is InChI=1S/C24H21N5O2S/c1-2-31-23(30)22(27-25-19-14-8-4-9-15-19)32-24-28-26-21(18-12-6-3-7-13-18)29(24)20-16-10-5-11-17-20/h3-17,25H,2H2,1H3/b27-22-. The number of nitrogens with one attached hydrogen (secondary N) is 1. The predicted molar refractivity (Wildman–Crippen MR) is 127 cm³/mol. The minimum atomic E-state index is -0.537. The lowest BCUT2D eigenvalue weighted by Crippen LogP contribution is -2.17. The van der Waals surface area contributed by atoms with Gasteiger partial charge in [-0.3, -0.25) is 9.99 Å². The molecule has 0 unspecified atom stereocenters. The Hall–Kier alpha value is -3.91. The topological polar surface area (TPSA) is 81.4 Å². The molecule has 0 aliphatic heterocycles. The molecule has 1 N–H and O–H groups in total. The van der Waals surface area contributed by atoms with E-state index in [-0.39, 0.29) is 11.7 Å². The van der Waals surface area contributed by atoms with E-state index in [1.54, 1.807) is 6.92 Å². The molecular weight excluding hydrogens is 422 g/mol. The fraction of sp³-hybridized carbons (Fsp3) is 0.0833. The van der Waals surface area contributed by atoms with Gasteiger partial charge in [-0.15, -0.1) is 10.2 Å². The van der Waals surface area contributed by atoms with Gasteiger partial charge in [-0.2, -0.15) is 5.10 Å². The van der Waals surface area contributed by atoms with Crippen molar-refractivity contribution in [3.05, 3.63) is 91.0 Å². The largest absolute Gasteiger partial charge is 0.461 e. The molecule has 7 nitrogen and oxygen atoms in total. The van der Waals surface area contributed by atoms with E-state index in [9.17, 15) is 4.79 Å². The minimum Gasteiger partial charge on any atom is -0.461 e. The first-order chi connectivity index (χ1) is 15.8. The summed E-state index contributed by atoms with van der Waals surface area (Å²) in [6.07, 6.45) is 0. The Morgan fingerprint density at radius 3 is 2.22 bits per heavy atom. The maximum Gasteiger partial charge on any atom is 0.365 e. The van der Waals surface area contributed by atoms with Gasteiger partial charge in [0.25, 0.3) is 0 Å². The average molecular weight is 444 g/mol. The van der Waals surface area contributed by atoms with Gasteiger partial charge < -0.3 is 4.74 Å². The molecule has 0 spiro atoms. The molecule has 0 bridgehead atoms. The summed E-state index contributed by atoms with van der Waals surface area (Å²) in [5.41, 5.74) is 5.45. The highest BCUT2D eigenvalue weighted by Crippen LogP contribution is 2.29. The number of hydrogen-bond acceptors (Lipinski definition) is 7. The molecule has 0 aliphatic rings.